The molecule has 1 atom stereocenters. The van der Waals surface area contributed by atoms with Crippen molar-refractivity contribution in [1.29, 1.82) is 0 Å². The smallest absolute Gasteiger partial charge is 0.315 e. The molecule has 4 nitrogen and oxygen atoms in total. The van der Waals surface area contributed by atoms with E-state index in [1.807, 2.05) is 48.5 Å². The van der Waals surface area contributed by atoms with E-state index < -0.39 is 21.6 Å². The molecule has 2 aromatic rings. The molecule has 1 aliphatic carbocycles. The quantitative estimate of drug-likeness (QED) is 0.619. The molecule has 0 heterocycles. The number of anilines is 1. The number of alkyl halides is 2. The molecule has 1 amide bonds. The number of hydrogen-bond donors (Lipinski definition) is 1. The summed E-state index contributed by atoms with van der Waals surface area (Å²) in [5, 5.41) is 2.77. The molecule has 1 N–H and O–H groups in total. The van der Waals surface area contributed by atoms with Crippen molar-refractivity contribution in [3.05, 3.63) is 54.6 Å². The lowest BCUT2D eigenvalue weighted by atomic mass is 10.0. The molecule has 0 unspecified atom stereocenters. The van der Waals surface area contributed by atoms with Gasteiger partial charge in [-0.3, -0.25) is 9.59 Å². The second-order valence-corrected chi connectivity index (χ2v) is 7.73. The van der Waals surface area contributed by atoms with E-state index in [4.69, 9.17) is 27.9 Å². The first kappa shape index (κ1) is 17.8. The van der Waals surface area contributed by atoms with Crippen molar-refractivity contribution in [1.82, 2.24) is 0 Å². The molecule has 25 heavy (non-hydrogen) atoms. The van der Waals surface area contributed by atoms with Crippen molar-refractivity contribution in [3.8, 4) is 11.1 Å². The lowest BCUT2D eigenvalue weighted by Gasteiger charge is -2.13. The molecular weight excluding hydrogens is 361 g/mol. The first-order chi connectivity index (χ1) is 11.8. The molecular formula is C19H17Cl2NO3. The molecule has 2 aromatic carbocycles. The fraction of sp³-hybridized carbons (Fsp3) is 0.263. The van der Waals surface area contributed by atoms with E-state index in [0.29, 0.717) is 12.1 Å². The number of para-hydroxylation sites is 1. The van der Waals surface area contributed by atoms with Crippen LogP contribution in [0.1, 0.15) is 13.3 Å². The number of hydrogen-bond acceptors (Lipinski definition) is 3. The third-order valence-corrected chi connectivity index (χ3v) is 5.43. The number of carbonyl (C=O) groups excluding carboxylic acids is 2. The van der Waals surface area contributed by atoms with Crippen molar-refractivity contribution >= 4 is 40.8 Å². The van der Waals surface area contributed by atoms with Gasteiger partial charge in [0, 0.05) is 17.7 Å². The molecule has 1 fully saturated rings. The summed E-state index contributed by atoms with van der Waals surface area (Å²) in [7, 11) is 0. The molecule has 0 saturated heterocycles. The number of ether oxygens (including phenoxy) is 1. The van der Waals surface area contributed by atoms with Crippen LogP contribution in [0.4, 0.5) is 5.69 Å². The van der Waals surface area contributed by atoms with E-state index in [9.17, 15) is 9.59 Å². The SMILES string of the molecule is C[C@]1(C(=O)OCC(=O)Nc2ccccc2-c2ccccc2)CC1(Cl)Cl. The Hall–Kier alpha value is -2.04. The first-order valence-corrected chi connectivity index (χ1v) is 8.58. The van der Waals surface area contributed by atoms with Crippen LogP contribution in [-0.4, -0.2) is 22.8 Å². The Kier molecular flexibility index (Phi) is 4.76. The molecule has 0 radical (unpaired) electrons. The highest BCUT2D eigenvalue weighted by molar-refractivity contribution is 6.53. The summed E-state index contributed by atoms with van der Waals surface area (Å²) >= 11 is 11.9. The fourth-order valence-corrected chi connectivity index (χ4v) is 3.25. The van der Waals surface area contributed by atoms with Gasteiger partial charge < -0.3 is 10.1 Å². The minimum atomic E-state index is -1.11. The summed E-state index contributed by atoms with van der Waals surface area (Å²) in [6.45, 7) is 1.24. The number of nitrogens with one attached hydrogen (secondary N) is 1. The van der Waals surface area contributed by atoms with Gasteiger partial charge in [-0.25, -0.2) is 0 Å². The van der Waals surface area contributed by atoms with Gasteiger partial charge in [0.1, 0.15) is 9.75 Å². The van der Waals surface area contributed by atoms with Crippen LogP contribution in [-0.2, 0) is 14.3 Å². The van der Waals surface area contributed by atoms with Crippen molar-refractivity contribution in [2.45, 2.75) is 17.7 Å². The Morgan fingerprint density at radius 1 is 1.08 bits per heavy atom. The molecule has 0 aromatic heterocycles. The molecule has 0 bridgehead atoms. The molecule has 1 aliphatic rings. The number of carbonyl (C=O) groups is 2. The Morgan fingerprint density at radius 3 is 2.32 bits per heavy atom. The van der Waals surface area contributed by atoms with Gasteiger partial charge in [0.25, 0.3) is 5.91 Å². The lowest BCUT2D eigenvalue weighted by molar-refractivity contribution is -0.152. The number of benzene rings is 2. The van der Waals surface area contributed by atoms with E-state index in [-0.39, 0.29) is 6.61 Å². The molecule has 0 aliphatic heterocycles. The summed E-state index contributed by atoms with van der Waals surface area (Å²) < 4.78 is 3.95. The third kappa shape index (κ3) is 3.65. The van der Waals surface area contributed by atoms with Crippen LogP contribution in [0.25, 0.3) is 11.1 Å². The maximum Gasteiger partial charge on any atom is 0.315 e. The minimum Gasteiger partial charge on any atom is -0.455 e. The zero-order valence-electron chi connectivity index (χ0n) is 13.6. The van der Waals surface area contributed by atoms with Gasteiger partial charge in [0.15, 0.2) is 6.61 Å². The van der Waals surface area contributed by atoms with Crippen LogP contribution in [0, 0.1) is 5.41 Å². The van der Waals surface area contributed by atoms with Crippen LogP contribution in [0.15, 0.2) is 54.6 Å². The first-order valence-electron chi connectivity index (χ1n) is 7.83. The summed E-state index contributed by atoms with van der Waals surface area (Å²) in [6, 6.07) is 17.1. The average Bonchev–Trinajstić information content (AvgIpc) is 3.13. The van der Waals surface area contributed by atoms with Crippen LogP contribution in [0.5, 0.6) is 0 Å². The van der Waals surface area contributed by atoms with Gasteiger partial charge in [-0.2, -0.15) is 0 Å². The van der Waals surface area contributed by atoms with Crippen molar-refractivity contribution in [2.24, 2.45) is 5.41 Å². The highest BCUT2D eigenvalue weighted by Crippen LogP contribution is 2.64. The number of esters is 1. The van der Waals surface area contributed by atoms with E-state index in [2.05, 4.69) is 5.32 Å². The molecule has 6 heteroatoms. The van der Waals surface area contributed by atoms with Gasteiger partial charge >= 0.3 is 5.97 Å². The van der Waals surface area contributed by atoms with Gasteiger partial charge in [-0.05, 0) is 18.6 Å². The Bertz CT molecular complexity index is 807. The predicted molar refractivity (Wildman–Crippen MR) is 98.6 cm³/mol. The van der Waals surface area contributed by atoms with Crippen LogP contribution < -0.4 is 5.32 Å². The van der Waals surface area contributed by atoms with Crippen molar-refractivity contribution in [2.75, 3.05) is 11.9 Å². The maximum atomic E-state index is 12.2. The van der Waals surface area contributed by atoms with Gasteiger partial charge in [-0.1, -0.05) is 48.5 Å². The minimum absolute atomic E-state index is 0.320. The standard InChI is InChI=1S/C19H17Cl2NO3/c1-18(12-19(18,20)21)17(24)25-11-16(23)22-15-10-6-5-9-14(15)13-7-3-2-4-8-13/h2-10H,11-12H2,1H3,(H,22,23)/t18-/m1/s1. The van der Waals surface area contributed by atoms with Crippen LogP contribution in [0.3, 0.4) is 0 Å². The Morgan fingerprint density at radius 2 is 1.68 bits per heavy atom. The maximum absolute atomic E-state index is 12.2. The summed E-state index contributed by atoms with van der Waals surface area (Å²) in [5.74, 6) is -0.986. The second kappa shape index (κ2) is 6.70. The second-order valence-electron chi connectivity index (χ2n) is 6.25. The van der Waals surface area contributed by atoms with Gasteiger partial charge in [0.05, 0.1) is 0 Å². The van der Waals surface area contributed by atoms with E-state index in [1.54, 1.807) is 13.0 Å². The normalized spacial score (nSPS) is 20.6. The summed E-state index contributed by atoms with van der Waals surface area (Å²) in [5.41, 5.74) is 1.57. The van der Waals surface area contributed by atoms with E-state index in [1.165, 1.54) is 0 Å². The molecule has 0 spiro atoms. The van der Waals surface area contributed by atoms with Crippen molar-refractivity contribution < 1.29 is 14.3 Å². The predicted octanol–water partition coefficient (Wildman–Crippen LogP) is 4.42. The van der Waals surface area contributed by atoms with Crippen LogP contribution in [0.2, 0.25) is 0 Å². The molecule has 1 saturated carbocycles. The Labute approximate surface area is 156 Å². The molecule has 130 valence electrons. The Balaban J connectivity index is 1.64. The average molecular weight is 378 g/mol. The van der Waals surface area contributed by atoms with E-state index >= 15 is 0 Å². The monoisotopic (exact) mass is 377 g/mol. The number of rotatable bonds is 5. The fourth-order valence-electron chi connectivity index (χ4n) is 2.56. The van der Waals surface area contributed by atoms with Gasteiger partial charge in [0.2, 0.25) is 0 Å². The summed E-state index contributed by atoms with van der Waals surface area (Å²) in [6.07, 6.45) is 0.320. The summed E-state index contributed by atoms with van der Waals surface area (Å²) in [4.78, 5) is 24.2. The zero-order chi connectivity index (χ0) is 18.1. The highest BCUT2D eigenvalue weighted by Gasteiger charge is 2.69. The van der Waals surface area contributed by atoms with E-state index in [0.717, 1.165) is 11.1 Å². The zero-order valence-corrected chi connectivity index (χ0v) is 15.1. The highest BCUT2D eigenvalue weighted by atomic mass is 35.5. The number of amides is 1. The topological polar surface area (TPSA) is 55.4 Å². The largest absolute Gasteiger partial charge is 0.455 e. The van der Waals surface area contributed by atoms with Crippen molar-refractivity contribution in [3.63, 3.8) is 0 Å². The van der Waals surface area contributed by atoms with Gasteiger partial charge in [-0.15, -0.1) is 23.2 Å². The molecule has 3 rings (SSSR count). The third-order valence-electron chi connectivity index (χ3n) is 4.33. The number of halogens is 2. The lowest BCUT2D eigenvalue weighted by Crippen LogP contribution is -2.26. The van der Waals surface area contributed by atoms with Crippen LogP contribution >= 0.6 is 23.2 Å².